The average molecular weight is 157 g/mol. The van der Waals surface area contributed by atoms with Gasteiger partial charge in [-0.3, -0.25) is 10.2 Å². The molecule has 2 saturated heterocycles. The molecule has 0 aliphatic carbocycles. The van der Waals surface area contributed by atoms with Gasteiger partial charge in [-0.05, 0) is 19.9 Å². The van der Waals surface area contributed by atoms with Gasteiger partial charge in [0.05, 0.1) is 6.17 Å². The molecule has 2 aliphatic heterocycles. The number of rotatable bonds is 1. The van der Waals surface area contributed by atoms with Crippen molar-refractivity contribution in [2.75, 3.05) is 13.1 Å². The standard InChI is InChI=1S/C7H15N3O/c1-5-9-7(11-10-5)6-2-3-8-4-6/h5-10H,2-4H2,1H3/t5-,6-,7-/m1/s1. The molecule has 0 bridgehead atoms. The third kappa shape index (κ3) is 1.54. The Morgan fingerprint density at radius 2 is 2.36 bits per heavy atom. The van der Waals surface area contributed by atoms with E-state index in [1.54, 1.807) is 0 Å². The van der Waals surface area contributed by atoms with E-state index >= 15 is 0 Å². The molecule has 2 fully saturated rings. The zero-order valence-corrected chi connectivity index (χ0v) is 6.76. The lowest BCUT2D eigenvalue weighted by molar-refractivity contribution is -0.00540. The number of nitrogens with one attached hydrogen (secondary N) is 3. The summed E-state index contributed by atoms with van der Waals surface area (Å²) in [5.41, 5.74) is 2.91. The summed E-state index contributed by atoms with van der Waals surface area (Å²) in [5.74, 6) is 0.632. The zero-order valence-electron chi connectivity index (χ0n) is 6.76. The van der Waals surface area contributed by atoms with Crippen molar-refractivity contribution in [3.05, 3.63) is 0 Å². The normalized spacial score (nSPS) is 45.0. The summed E-state index contributed by atoms with van der Waals surface area (Å²) in [7, 11) is 0. The summed E-state index contributed by atoms with van der Waals surface area (Å²) in [4.78, 5) is 5.35. The molecule has 0 unspecified atom stereocenters. The Hall–Kier alpha value is -0.160. The topological polar surface area (TPSA) is 45.3 Å². The van der Waals surface area contributed by atoms with Gasteiger partial charge in [-0.1, -0.05) is 0 Å². The van der Waals surface area contributed by atoms with Crippen LogP contribution in [0.4, 0.5) is 0 Å². The molecule has 11 heavy (non-hydrogen) atoms. The van der Waals surface area contributed by atoms with Gasteiger partial charge in [0.2, 0.25) is 0 Å². The van der Waals surface area contributed by atoms with E-state index in [1.807, 2.05) is 0 Å². The first-order chi connectivity index (χ1) is 5.36. The zero-order chi connectivity index (χ0) is 7.68. The maximum atomic E-state index is 5.35. The summed E-state index contributed by atoms with van der Waals surface area (Å²) in [6.45, 7) is 4.26. The van der Waals surface area contributed by atoms with Crippen LogP contribution < -0.4 is 16.1 Å². The number of hydrogen-bond acceptors (Lipinski definition) is 4. The molecular formula is C7H15N3O. The Kier molecular flexibility index (Phi) is 2.09. The molecule has 4 nitrogen and oxygen atoms in total. The quantitative estimate of drug-likeness (QED) is 0.475. The molecule has 0 saturated carbocycles. The highest BCUT2D eigenvalue weighted by Gasteiger charge is 2.30. The van der Waals surface area contributed by atoms with Gasteiger partial charge in [0, 0.05) is 12.5 Å². The molecule has 2 rings (SSSR count). The molecule has 64 valence electrons. The van der Waals surface area contributed by atoms with E-state index < -0.39 is 0 Å². The van der Waals surface area contributed by atoms with Gasteiger partial charge in [-0.15, -0.1) is 0 Å². The lowest BCUT2D eigenvalue weighted by Crippen LogP contribution is -2.36. The third-order valence-electron chi connectivity index (χ3n) is 2.31. The summed E-state index contributed by atoms with van der Waals surface area (Å²) >= 11 is 0. The van der Waals surface area contributed by atoms with E-state index in [9.17, 15) is 0 Å². The SMILES string of the molecule is C[C@H]1NO[C@H]([C@@H]2CCNC2)N1. The molecule has 0 aromatic heterocycles. The highest BCUT2D eigenvalue weighted by Crippen LogP contribution is 2.15. The van der Waals surface area contributed by atoms with Gasteiger partial charge in [0.15, 0.2) is 0 Å². The van der Waals surface area contributed by atoms with Gasteiger partial charge in [0.1, 0.15) is 6.23 Å². The minimum absolute atomic E-state index is 0.208. The number of hydrogen-bond donors (Lipinski definition) is 3. The van der Waals surface area contributed by atoms with Crippen LogP contribution in [0.1, 0.15) is 13.3 Å². The molecule has 4 heteroatoms. The smallest absolute Gasteiger partial charge is 0.135 e. The third-order valence-corrected chi connectivity index (χ3v) is 2.31. The van der Waals surface area contributed by atoms with Crippen LogP contribution in [-0.2, 0) is 4.84 Å². The Balaban J connectivity index is 1.85. The maximum absolute atomic E-state index is 5.35. The van der Waals surface area contributed by atoms with Crippen molar-refractivity contribution in [2.24, 2.45) is 5.92 Å². The lowest BCUT2D eigenvalue weighted by Gasteiger charge is -2.14. The van der Waals surface area contributed by atoms with Crippen molar-refractivity contribution in [3.8, 4) is 0 Å². The fraction of sp³-hybridized carbons (Fsp3) is 1.00. The summed E-state index contributed by atoms with van der Waals surface area (Å²) in [6, 6.07) is 0. The largest absolute Gasteiger partial charge is 0.316 e. The molecule has 3 N–H and O–H groups in total. The minimum Gasteiger partial charge on any atom is -0.316 e. The maximum Gasteiger partial charge on any atom is 0.135 e. The predicted molar refractivity (Wildman–Crippen MR) is 41.6 cm³/mol. The van der Waals surface area contributed by atoms with Crippen molar-refractivity contribution in [1.29, 1.82) is 0 Å². The van der Waals surface area contributed by atoms with Crippen LogP contribution >= 0.6 is 0 Å². The first-order valence-electron chi connectivity index (χ1n) is 4.24. The van der Waals surface area contributed by atoms with Crippen LogP contribution in [0.5, 0.6) is 0 Å². The summed E-state index contributed by atoms with van der Waals surface area (Å²) in [5, 5.41) is 6.64. The second-order valence-electron chi connectivity index (χ2n) is 3.30. The molecule has 2 aliphatic rings. The first kappa shape index (κ1) is 7.49. The molecule has 3 atom stereocenters. The Bertz CT molecular complexity index is 136. The monoisotopic (exact) mass is 157 g/mol. The van der Waals surface area contributed by atoms with E-state index in [2.05, 4.69) is 23.0 Å². The van der Waals surface area contributed by atoms with Gasteiger partial charge in [0.25, 0.3) is 0 Å². The summed E-state index contributed by atoms with van der Waals surface area (Å²) < 4.78 is 0. The predicted octanol–water partition coefficient (Wildman–Crippen LogP) is -0.608. The molecule has 0 amide bonds. The van der Waals surface area contributed by atoms with Crippen molar-refractivity contribution >= 4 is 0 Å². The fourth-order valence-corrected chi connectivity index (χ4v) is 1.66. The van der Waals surface area contributed by atoms with Crippen molar-refractivity contribution in [3.63, 3.8) is 0 Å². The van der Waals surface area contributed by atoms with E-state index in [0.717, 1.165) is 13.1 Å². The van der Waals surface area contributed by atoms with Crippen LogP contribution in [0.2, 0.25) is 0 Å². The van der Waals surface area contributed by atoms with E-state index in [1.165, 1.54) is 6.42 Å². The lowest BCUT2D eigenvalue weighted by atomic mass is 10.1. The van der Waals surface area contributed by atoms with Crippen molar-refractivity contribution in [2.45, 2.75) is 25.7 Å². The Labute approximate surface area is 66.6 Å². The van der Waals surface area contributed by atoms with Crippen LogP contribution in [0, 0.1) is 5.92 Å². The van der Waals surface area contributed by atoms with E-state index in [0.29, 0.717) is 12.1 Å². The molecule has 0 aromatic carbocycles. The van der Waals surface area contributed by atoms with E-state index in [-0.39, 0.29) is 6.23 Å². The summed E-state index contributed by atoms with van der Waals surface area (Å²) in [6.07, 6.45) is 1.71. The fourth-order valence-electron chi connectivity index (χ4n) is 1.66. The first-order valence-corrected chi connectivity index (χ1v) is 4.24. The highest BCUT2D eigenvalue weighted by molar-refractivity contribution is 4.80. The molecule has 0 spiro atoms. The van der Waals surface area contributed by atoms with Crippen LogP contribution in [0.15, 0.2) is 0 Å². The molecule has 2 heterocycles. The van der Waals surface area contributed by atoms with E-state index in [4.69, 9.17) is 4.84 Å². The van der Waals surface area contributed by atoms with Gasteiger partial charge in [-0.2, -0.15) is 5.48 Å². The highest BCUT2D eigenvalue weighted by atomic mass is 16.7. The van der Waals surface area contributed by atoms with Crippen molar-refractivity contribution in [1.82, 2.24) is 16.1 Å². The van der Waals surface area contributed by atoms with Gasteiger partial charge >= 0.3 is 0 Å². The molecule has 0 radical (unpaired) electrons. The second kappa shape index (κ2) is 3.06. The second-order valence-corrected chi connectivity index (χ2v) is 3.30. The molecular weight excluding hydrogens is 142 g/mol. The Morgan fingerprint density at radius 1 is 1.45 bits per heavy atom. The van der Waals surface area contributed by atoms with Crippen LogP contribution in [0.25, 0.3) is 0 Å². The van der Waals surface area contributed by atoms with Gasteiger partial charge in [-0.25, -0.2) is 0 Å². The van der Waals surface area contributed by atoms with Crippen molar-refractivity contribution < 1.29 is 4.84 Å². The van der Waals surface area contributed by atoms with Crippen LogP contribution in [-0.4, -0.2) is 25.5 Å². The number of hydroxylamine groups is 1. The average Bonchev–Trinajstić information content (AvgIpc) is 2.55. The van der Waals surface area contributed by atoms with Gasteiger partial charge < -0.3 is 5.32 Å². The molecule has 0 aromatic rings. The Morgan fingerprint density at radius 3 is 2.91 bits per heavy atom. The minimum atomic E-state index is 0.208. The van der Waals surface area contributed by atoms with Crippen LogP contribution in [0.3, 0.4) is 0 Å².